The number of halogens is 5. The van der Waals surface area contributed by atoms with Gasteiger partial charge in [-0.2, -0.15) is 13.2 Å². The van der Waals surface area contributed by atoms with Crippen molar-refractivity contribution >= 4 is 51.7 Å². The molecule has 0 spiro atoms. The van der Waals surface area contributed by atoms with Crippen molar-refractivity contribution in [3.05, 3.63) is 52.2 Å². The predicted octanol–water partition coefficient (Wildman–Crippen LogP) is 3.72. The second-order valence-electron chi connectivity index (χ2n) is 7.79. The van der Waals surface area contributed by atoms with E-state index in [-0.39, 0.29) is 28.1 Å². The second-order valence-corrected chi connectivity index (χ2v) is 8.61. The highest BCUT2D eigenvalue weighted by Gasteiger charge is 2.37. The fraction of sp³-hybridized carbons (Fsp3) is 0.250. The van der Waals surface area contributed by atoms with Gasteiger partial charge in [-0.25, -0.2) is 4.98 Å². The van der Waals surface area contributed by atoms with E-state index in [1.54, 1.807) is 0 Å². The molecular weight excluding hydrogens is 512 g/mol. The van der Waals surface area contributed by atoms with E-state index < -0.39 is 17.9 Å². The van der Waals surface area contributed by atoms with E-state index >= 15 is 0 Å². The van der Waals surface area contributed by atoms with Gasteiger partial charge in [0.25, 0.3) is 5.91 Å². The Bertz CT molecular complexity index is 1440. The summed E-state index contributed by atoms with van der Waals surface area (Å²) in [5, 5.41) is 13.8. The molecule has 4 heterocycles. The predicted molar refractivity (Wildman–Crippen MR) is 121 cm³/mol. The molecule has 0 bridgehead atoms. The number of nitrogens with one attached hydrogen (secondary N) is 1. The molecule has 1 amide bonds. The minimum Gasteiger partial charge on any atom is -0.380 e. The van der Waals surface area contributed by atoms with Crippen molar-refractivity contribution in [2.75, 3.05) is 23.7 Å². The number of alkyl halides is 3. The van der Waals surface area contributed by atoms with Crippen molar-refractivity contribution in [1.82, 2.24) is 30.2 Å². The average molecular weight is 527 g/mol. The maximum atomic E-state index is 13.1. The van der Waals surface area contributed by atoms with Crippen LogP contribution in [0.5, 0.6) is 0 Å². The van der Waals surface area contributed by atoms with E-state index in [1.807, 2.05) is 4.90 Å². The number of aromatic nitrogens is 5. The number of fused-ring (bicyclic) bond motifs is 1. The molecule has 3 N–H and O–H groups in total. The Morgan fingerprint density at radius 3 is 2.80 bits per heavy atom. The topological polar surface area (TPSA) is 128 Å². The highest BCUT2D eigenvalue weighted by atomic mass is 35.5. The average Bonchev–Trinajstić information content (AvgIpc) is 3.54. The Morgan fingerprint density at radius 1 is 1.26 bits per heavy atom. The number of amides is 1. The standard InChI is InChI=1S/C20H15Cl2F3N8O2/c21-12-5-10(33-8-28-30-19(33)20(23,24)25)1-2-11(12)18(34)29-9-3-4-32(7-9)17-15-14(13(22)6-27-17)16(26)31-35-15/h1-2,5-6,8-9H,3-4,7H2,(H2,26,31)(H,29,34). The molecule has 1 aliphatic rings. The first-order chi connectivity index (χ1) is 16.6. The molecule has 0 aliphatic carbocycles. The molecule has 0 radical (unpaired) electrons. The van der Waals surface area contributed by atoms with Crippen LogP contribution in [0.25, 0.3) is 16.7 Å². The van der Waals surface area contributed by atoms with Crippen molar-refractivity contribution in [3.63, 3.8) is 0 Å². The molecule has 3 aromatic heterocycles. The minimum atomic E-state index is -4.70. The SMILES string of the molecule is Nc1noc2c(N3CCC(NC(=O)c4ccc(-n5cnnc5C(F)(F)F)cc4Cl)C3)ncc(Cl)c12. The van der Waals surface area contributed by atoms with Crippen LogP contribution >= 0.6 is 23.2 Å². The van der Waals surface area contributed by atoms with Crippen molar-refractivity contribution < 1.29 is 22.5 Å². The molecule has 0 saturated carbocycles. The summed E-state index contributed by atoms with van der Waals surface area (Å²) < 4.78 is 45.4. The van der Waals surface area contributed by atoms with Crippen LogP contribution in [0.3, 0.4) is 0 Å². The highest BCUT2D eigenvalue weighted by Crippen LogP contribution is 2.35. The van der Waals surface area contributed by atoms with Crippen molar-refractivity contribution in [2.45, 2.75) is 18.6 Å². The number of nitrogen functional groups attached to an aromatic ring is 1. The Balaban J connectivity index is 1.31. The zero-order chi connectivity index (χ0) is 24.9. The third kappa shape index (κ3) is 4.21. The van der Waals surface area contributed by atoms with Gasteiger partial charge in [-0.3, -0.25) is 9.36 Å². The first-order valence-corrected chi connectivity index (χ1v) is 10.9. The minimum absolute atomic E-state index is 0.0186. The number of carbonyl (C=O) groups excluding carboxylic acids is 1. The monoisotopic (exact) mass is 526 g/mol. The summed E-state index contributed by atoms with van der Waals surface area (Å²) in [6.45, 7) is 0.983. The summed E-state index contributed by atoms with van der Waals surface area (Å²) in [5.74, 6) is -1.01. The number of benzene rings is 1. The van der Waals surface area contributed by atoms with Crippen LogP contribution in [0, 0.1) is 0 Å². The van der Waals surface area contributed by atoms with Gasteiger partial charge in [-0.1, -0.05) is 28.4 Å². The molecule has 1 atom stereocenters. The molecule has 15 heteroatoms. The lowest BCUT2D eigenvalue weighted by Gasteiger charge is -2.18. The number of nitrogens with two attached hydrogens (primary N) is 1. The summed E-state index contributed by atoms with van der Waals surface area (Å²) in [4.78, 5) is 19.1. The molecule has 1 unspecified atom stereocenters. The Hall–Kier alpha value is -3.58. The van der Waals surface area contributed by atoms with Gasteiger partial charge in [-0.05, 0) is 24.6 Å². The number of anilines is 2. The van der Waals surface area contributed by atoms with Crippen LogP contribution < -0.4 is 16.0 Å². The van der Waals surface area contributed by atoms with Gasteiger partial charge >= 0.3 is 6.18 Å². The van der Waals surface area contributed by atoms with E-state index in [0.717, 1.165) is 10.9 Å². The fourth-order valence-electron chi connectivity index (χ4n) is 3.94. The molecule has 5 rings (SSSR count). The van der Waals surface area contributed by atoms with Gasteiger partial charge in [0.1, 0.15) is 6.33 Å². The van der Waals surface area contributed by atoms with Gasteiger partial charge in [0.2, 0.25) is 11.4 Å². The van der Waals surface area contributed by atoms with Crippen LogP contribution in [-0.2, 0) is 6.18 Å². The molecule has 182 valence electrons. The van der Waals surface area contributed by atoms with E-state index in [1.165, 1.54) is 24.4 Å². The molecule has 4 aromatic rings. The zero-order valence-electron chi connectivity index (χ0n) is 17.6. The number of pyridine rings is 1. The Labute approximate surface area is 204 Å². The van der Waals surface area contributed by atoms with Crippen LogP contribution in [0.1, 0.15) is 22.6 Å². The molecular formula is C20H15Cl2F3N8O2. The highest BCUT2D eigenvalue weighted by molar-refractivity contribution is 6.36. The molecule has 1 saturated heterocycles. The second kappa shape index (κ2) is 8.57. The van der Waals surface area contributed by atoms with Gasteiger partial charge in [0.05, 0.1) is 26.7 Å². The van der Waals surface area contributed by atoms with E-state index in [4.69, 9.17) is 33.5 Å². The van der Waals surface area contributed by atoms with Crippen LogP contribution in [-0.4, -0.2) is 49.9 Å². The lowest BCUT2D eigenvalue weighted by atomic mass is 10.1. The smallest absolute Gasteiger partial charge is 0.380 e. The largest absolute Gasteiger partial charge is 0.452 e. The number of hydrogen-bond donors (Lipinski definition) is 2. The third-order valence-electron chi connectivity index (χ3n) is 5.56. The molecule has 1 aromatic carbocycles. The lowest BCUT2D eigenvalue weighted by molar-refractivity contribution is -0.146. The summed E-state index contributed by atoms with van der Waals surface area (Å²) in [6.07, 6.45) is -1.72. The summed E-state index contributed by atoms with van der Waals surface area (Å²) >= 11 is 12.4. The quantitative estimate of drug-likeness (QED) is 0.411. The third-order valence-corrected chi connectivity index (χ3v) is 6.16. The first-order valence-electron chi connectivity index (χ1n) is 10.2. The number of carbonyl (C=O) groups is 1. The van der Waals surface area contributed by atoms with E-state index in [0.29, 0.717) is 41.3 Å². The molecule has 1 aliphatic heterocycles. The van der Waals surface area contributed by atoms with E-state index in [9.17, 15) is 18.0 Å². The maximum Gasteiger partial charge on any atom is 0.452 e. The number of hydrogen-bond acceptors (Lipinski definition) is 8. The van der Waals surface area contributed by atoms with Crippen molar-refractivity contribution in [3.8, 4) is 5.69 Å². The lowest BCUT2D eigenvalue weighted by Crippen LogP contribution is -2.37. The normalized spacial score (nSPS) is 16.3. The van der Waals surface area contributed by atoms with Crippen molar-refractivity contribution in [1.29, 1.82) is 0 Å². The first kappa shape index (κ1) is 23.2. The summed E-state index contributed by atoms with van der Waals surface area (Å²) in [7, 11) is 0. The number of rotatable bonds is 4. The molecule has 1 fully saturated rings. The van der Waals surface area contributed by atoms with Gasteiger partial charge in [-0.15, -0.1) is 10.2 Å². The number of nitrogens with zero attached hydrogens (tertiary/aromatic N) is 6. The van der Waals surface area contributed by atoms with Crippen LogP contribution in [0.15, 0.2) is 35.2 Å². The Kier molecular flexibility index (Phi) is 5.68. The summed E-state index contributed by atoms with van der Waals surface area (Å²) in [5.41, 5.74) is 6.36. The maximum absolute atomic E-state index is 13.1. The van der Waals surface area contributed by atoms with Crippen LogP contribution in [0.2, 0.25) is 10.0 Å². The van der Waals surface area contributed by atoms with Crippen molar-refractivity contribution in [2.24, 2.45) is 0 Å². The van der Waals surface area contributed by atoms with Gasteiger partial charge < -0.3 is 20.5 Å². The van der Waals surface area contributed by atoms with Gasteiger partial charge in [0, 0.05) is 25.3 Å². The van der Waals surface area contributed by atoms with Crippen LogP contribution in [0.4, 0.5) is 24.8 Å². The molecule has 35 heavy (non-hydrogen) atoms. The van der Waals surface area contributed by atoms with E-state index in [2.05, 4.69) is 25.7 Å². The summed E-state index contributed by atoms with van der Waals surface area (Å²) in [6, 6.07) is 3.68. The van der Waals surface area contributed by atoms with Gasteiger partial charge in [0.15, 0.2) is 11.6 Å². The zero-order valence-corrected chi connectivity index (χ0v) is 19.1. The fourth-order valence-corrected chi connectivity index (χ4v) is 4.43. The Morgan fingerprint density at radius 2 is 2.06 bits per heavy atom. The molecule has 10 nitrogen and oxygen atoms in total.